The molecule has 0 aromatic heterocycles. The summed E-state index contributed by atoms with van der Waals surface area (Å²) in [6.07, 6.45) is -0.516. The van der Waals surface area contributed by atoms with E-state index in [9.17, 15) is 13.2 Å². The van der Waals surface area contributed by atoms with Crippen molar-refractivity contribution in [3.05, 3.63) is 12.2 Å². The molecular formula is C3H2ClF3. The van der Waals surface area contributed by atoms with Crippen molar-refractivity contribution in [3.63, 3.8) is 0 Å². The molecule has 0 heterocycles. The third-order valence-corrected chi connectivity index (χ3v) is 0.521. The molecule has 0 bridgehead atoms. The van der Waals surface area contributed by atoms with E-state index in [4.69, 9.17) is 0 Å². The summed E-state index contributed by atoms with van der Waals surface area (Å²) >= 11 is 4.38. The molecule has 0 radical (unpaired) electrons. The third-order valence-electron chi connectivity index (χ3n) is 0.313. The molecule has 1 atom stereocenters. The van der Waals surface area contributed by atoms with E-state index in [1.165, 1.54) is 0 Å². The number of halogens is 4. The Morgan fingerprint density at radius 2 is 2.14 bits per heavy atom. The molecule has 0 aliphatic heterocycles. The monoisotopic (exact) mass is 130 g/mol. The second kappa shape index (κ2) is 2.91. The number of allylic oxidation sites excluding steroid dienone is 1. The minimum Gasteiger partial charge on any atom is -0.222 e. The van der Waals surface area contributed by atoms with E-state index >= 15 is 0 Å². The fraction of sp³-hybridized carbons (Fsp3) is 0.333. The Balaban J connectivity index is 3.56. The molecular weight excluding hydrogens is 128 g/mol. The molecule has 0 aliphatic rings. The molecule has 0 spiro atoms. The van der Waals surface area contributed by atoms with Gasteiger partial charge in [-0.1, -0.05) is 11.6 Å². The van der Waals surface area contributed by atoms with Gasteiger partial charge in [-0.2, -0.15) is 0 Å². The summed E-state index contributed by atoms with van der Waals surface area (Å²) < 4.78 is 33.2. The van der Waals surface area contributed by atoms with Crippen LogP contribution in [0.5, 0.6) is 0 Å². The van der Waals surface area contributed by atoms with E-state index in [1.807, 2.05) is 0 Å². The SMILES string of the molecule is FC=C(F)[C@@H](F)Cl. The van der Waals surface area contributed by atoms with Crippen LogP contribution in [0, 0.1) is 0 Å². The predicted octanol–water partition coefficient (Wildman–Crippen LogP) is 2.30. The molecule has 0 saturated carbocycles. The maximum absolute atomic E-state index is 11.2. The quantitative estimate of drug-likeness (QED) is 0.478. The fourth-order valence-electron chi connectivity index (χ4n) is 0.0476. The topological polar surface area (TPSA) is 0 Å². The van der Waals surface area contributed by atoms with Gasteiger partial charge in [0.1, 0.15) is 6.33 Å². The van der Waals surface area contributed by atoms with Crippen LogP contribution in [-0.4, -0.2) is 5.63 Å². The Morgan fingerprint density at radius 1 is 1.71 bits per heavy atom. The van der Waals surface area contributed by atoms with Gasteiger partial charge >= 0.3 is 0 Å². The molecule has 0 aromatic carbocycles. The zero-order chi connectivity index (χ0) is 5.86. The summed E-state index contributed by atoms with van der Waals surface area (Å²) in [6.45, 7) is 0. The minimum atomic E-state index is -2.34. The second-order valence-electron chi connectivity index (χ2n) is 0.795. The van der Waals surface area contributed by atoms with E-state index < -0.39 is 17.8 Å². The van der Waals surface area contributed by atoms with E-state index in [0.717, 1.165) is 0 Å². The maximum Gasteiger partial charge on any atom is 0.226 e. The number of alkyl halides is 2. The lowest BCUT2D eigenvalue weighted by Crippen LogP contribution is -1.85. The van der Waals surface area contributed by atoms with Crippen molar-refractivity contribution >= 4 is 11.6 Å². The van der Waals surface area contributed by atoms with Gasteiger partial charge in [-0.3, -0.25) is 0 Å². The Labute approximate surface area is 43.6 Å². The van der Waals surface area contributed by atoms with Gasteiger partial charge in [0.15, 0.2) is 5.83 Å². The number of hydrogen-bond donors (Lipinski definition) is 0. The van der Waals surface area contributed by atoms with Crippen LogP contribution in [0.3, 0.4) is 0 Å². The molecule has 7 heavy (non-hydrogen) atoms. The Morgan fingerprint density at radius 3 is 2.14 bits per heavy atom. The first-order valence-electron chi connectivity index (χ1n) is 1.42. The Bertz CT molecular complexity index is 78.2. The van der Waals surface area contributed by atoms with E-state index in [2.05, 4.69) is 11.6 Å². The zero-order valence-corrected chi connectivity index (χ0v) is 3.92. The molecule has 0 saturated heterocycles. The van der Waals surface area contributed by atoms with Gasteiger partial charge in [0, 0.05) is 0 Å². The van der Waals surface area contributed by atoms with E-state index in [1.54, 1.807) is 0 Å². The van der Waals surface area contributed by atoms with Crippen molar-refractivity contribution in [2.45, 2.75) is 5.63 Å². The first-order chi connectivity index (χ1) is 3.18. The molecule has 4 heteroatoms. The van der Waals surface area contributed by atoms with Gasteiger partial charge in [0.05, 0.1) is 0 Å². The van der Waals surface area contributed by atoms with E-state index in [-0.39, 0.29) is 0 Å². The molecule has 0 fully saturated rings. The van der Waals surface area contributed by atoms with Crippen LogP contribution in [-0.2, 0) is 0 Å². The van der Waals surface area contributed by atoms with Crippen LogP contribution in [0.15, 0.2) is 12.2 Å². The zero-order valence-electron chi connectivity index (χ0n) is 3.17. The van der Waals surface area contributed by atoms with Crippen LogP contribution in [0.1, 0.15) is 0 Å². The largest absolute Gasteiger partial charge is 0.226 e. The standard InChI is InChI=1S/C3H2ClF3/c4-3(7)2(6)1-5/h1,3H/t3-/m1/s1. The highest BCUT2D eigenvalue weighted by molar-refractivity contribution is 6.21. The predicted molar refractivity (Wildman–Crippen MR) is 21.0 cm³/mol. The van der Waals surface area contributed by atoms with E-state index in [0.29, 0.717) is 0 Å². The van der Waals surface area contributed by atoms with Crippen molar-refractivity contribution in [2.24, 2.45) is 0 Å². The molecule has 0 unspecified atom stereocenters. The highest BCUT2D eigenvalue weighted by atomic mass is 35.5. The lowest BCUT2D eigenvalue weighted by molar-refractivity contribution is 0.405. The summed E-state index contributed by atoms with van der Waals surface area (Å²) in [5, 5.41) is 0. The van der Waals surface area contributed by atoms with Gasteiger partial charge in [0.25, 0.3) is 0 Å². The average Bonchev–Trinajstić information content (AvgIpc) is 1.65. The lowest BCUT2D eigenvalue weighted by Gasteiger charge is -1.87. The molecule has 0 amide bonds. The summed E-state index contributed by atoms with van der Waals surface area (Å²) in [5.74, 6) is -1.60. The summed E-state index contributed by atoms with van der Waals surface area (Å²) in [5.41, 5.74) is -2.34. The molecule has 42 valence electrons. The smallest absolute Gasteiger partial charge is 0.222 e. The minimum absolute atomic E-state index is 0.516. The van der Waals surface area contributed by atoms with Crippen molar-refractivity contribution in [1.82, 2.24) is 0 Å². The van der Waals surface area contributed by atoms with Gasteiger partial charge in [-0.25, -0.2) is 13.2 Å². The molecule has 0 nitrogen and oxygen atoms in total. The first-order valence-corrected chi connectivity index (χ1v) is 1.86. The van der Waals surface area contributed by atoms with Crippen LogP contribution < -0.4 is 0 Å². The first kappa shape index (κ1) is 6.82. The average molecular weight is 130 g/mol. The summed E-state index contributed by atoms with van der Waals surface area (Å²) in [4.78, 5) is 0. The van der Waals surface area contributed by atoms with Gasteiger partial charge in [0.2, 0.25) is 5.63 Å². The molecule has 0 rings (SSSR count). The molecule has 0 aromatic rings. The lowest BCUT2D eigenvalue weighted by atomic mass is 10.7. The van der Waals surface area contributed by atoms with Crippen molar-refractivity contribution in [2.75, 3.05) is 0 Å². The summed E-state index contributed by atoms with van der Waals surface area (Å²) in [6, 6.07) is 0. The molecule has 0 N–H and O–H groups in total. The fourth-order valence-corrected chi connectivity index (χ4v) is 0.0952. The maximum atomic E-state index is 11.2. The van der Waals surface area contributed by atoms with Crippen LogP contribution in [0.25, 0.3) is 0 Å². The van der Waals surface area contributed by atoms with Crippen LogP contribution in [0.4, 0.5) is 13.2 Å². The highest BCUT2D eigenvalue weighted by Gasteiger charge is 2.05. The van der Waals surface area contributed by atoms with Crippen molar-refractivity contribution < 1.29 is 13.2 Å². The van der Waals surface area contributed by atoms with Crippen molar-refractivity contribution in [3.8, 4) is 0 Å². The second-order valence-corrected chi connectivity index (χ2v) is 1.18. The number of rotatable bonds is 1. The van der Waals surface area contributed by atoms with Crippen LogP contribution in [0.2, 0.25) is 0 Å². The van der Waals surface area contributed by atoms with Crippen molar-refractivity contribution in [1.29, 1.82) is 0 Å². The normalized spacial score (nSPS) is 16.9. The Kier molecular flexibility index (Phi) is 2.83. The van der Waals surface area contributed by atoms with Gasteiger partial charge in [-0.05, 0) is 0 Å². The Hall–Kier alpha value is -0.180. The highest BCUT2D eigenvalue weighted by Crippen LogP contribution is 2.11. The molecule has 0 aliphatic carbocycles. The van der Waals surface area contributed by atoms with Gasteiger partial charge in [-0.15, -0.1) is 0 Å². The van der Waals surface area contributed by atoms with Crippen LogP contribution >= 0.6 is 11.6 Å². The summed E-state index contributed by atoms with van der Waals surface area (Å²) in [7, 11) is 0. The third kappa shape index (κ3) is 2.51. The number of hydrogen-bond acceptors (Lipinski definition) is 0. The van der Waals surface area contributed by atoms with Gasteiger partial charge < -0.3 is 0 Å².